The number of hydrogen-bond acceptors (Lipinski definition) is 3. The number of hydrogen-bond donors (Lipinski definition) is 0. The average Bonchev–Trinajstić information content (AvgIpc) is 2.58. The van der Waals surface area contributed by atoms with Crippen LogP contribution < -0.4 is 0 Å². The van der Waals surface area contributed by atoms with Crippen molar-refractivity contribution >= 4 is 5.71 Å². The Labute approximate surface area is 129 Å². The van der Waals surface area contributed by atoms with Crippen LogP contribution in [-0.2, 0) is 11.4 Å². The second-order valence-corrected chi connectivity index (χ2v) is 5.57. The molecule has 0 spiro atoms. The Morgan fingerprint density at radius 1 is 1.18 bits per heavy atom. The second-order valence-electron chi connectivity index (χ2n) is 5.57. The lowest BCUT2D eigenvalue weighted by molar-refractivity contribution is 0.128. The summed E-state index contributed by atoms with van der Waals surface area (Å²) >= 11 is 0. The molecule has 1 fully saturated rings. The van der Waals surface area contributed by atoms with E-state index >= 15 is 0 Å². The van der Waals surface area contributed by atoms with E-state index in [-0.39, 0.29) is 5.82 Å². The molecule has 1 heterocycles. The average molecular weight is 298 g/mol. The molecule has 1 atom stereocenters. The molecule has 114 valence electrons. The van der Waals surface area contributed by atoms with Crippen LogP contribution >= 0.6 is 0 Å². The summed E-state index contributed by atoms with van der Waals surface area (Å²) < 4.78 is 12.9. The lowest BCUT2D eigenvalue weighted by atomic mass is 9.83. The molecule has 1 aliphatic rings. The molecule has 4 heteroatoms. The molecule has 22 heavy (non-hydrogen) atoms. The van der Waals surface area contributed by atoms with Gasteiger partial charge in [-0.1, -0.05) is 29.8 Å². The number of rotatable bonds is 4. The molecular weight excluding hydrogens is 279 g/mol. The highest BCUT2D eigenvalue weighted by Gasteiger charge is 2.23. The molecule has 2 aromatic rings. The maximum Gasteiger partial charge on any atom is 0.142 e. The first kappa shape index (κ1) is 14.7. The van der Waals surface area contributed by atoms with Crippen LogP contribution in [0, 0.1) is 5.82 Å². The number of aromatic nitrogens is 1. The second kappa shape index (κ2) is 7.16. The zero-order valence-electron chi connectivity index (χ0n) is 12.4. The molecule has 1 aromatic carbocycles. The normalized spacial score (nSPS) is 20.0. The third kappa shape index (κ3) is 3.70. The van der Waals surface area contributed by atoms with Gasteiger partial charge in [0, 0.05) is 18.3 Å². The van der Waals surface area contributed by atoms with E-state index in [4.69, 9.17) is 4.84 Å². The fraction of sp³-hybridized carbons (Fsp3) is 0.333. The standard InChI is InChI=1S/C18H19FN2O/c19-16-9-7-14(8-10-16)13-22-21-18-6-2-1-5-17(18)15-4-3-11-20-12-15/h3-4,7-12,17H,1-2,5-6,13H2. The van der Waals surface area contributed by atoms with Gasteiger partial charge in [0.2, 0.25) is 0 Å². The monoisotopic (exact) mass is 298 g/mol. The van der Waals surface area contributed by atoms with E-state index in [1.165, 1.54) is 24.1 Å². The zero-order valence-corrected chi connectivity index (χ0v) is 12.4. The molecular formula is C18H19FN2O. The minimum Gasteiger partial charge on any atom is -0.391 e. The Bertz CT molecular complexity index is 625. The predicted molar refractivity (Wildman–Crippen MR) is 84.1 cm³/mol. The van der Waals surface area contributed by atoms with Crippen molar-refractivity contribution in [1.29, 1.82) is 0 Å². The van der Waals surface area contributed by atoms with Crippen LogP contribution in [0.25, 0.3) is 0 Å². The summed E-state index contributed by atoms with van der Waals surface area (Å²) in [6.07, 6.45) is 8.10. The molecule has 1 aromatic heterocycles. The smallest absolute Gasteiger partial charge is 0.142 e. The molecule has 1 aliphatic carbocycles. The van der Waals surface area contributed by atoms with Crippen LogP contribution in [0.3, 0.4) is 0 Å². The van der Waals surface area contributed by atoms with Crippen LogP contribution in [0.1, 0.15) is 42.7 Å². The Kier molecular flexibility index (Phi) is 4.78. The van der Waals surface area contributed by atoms with Crippen molar-refractivity contribution in [1.82, 2.24) is 4.98 Å². The maximum atomic E-state index is 12.9. The predicted octanol–water partition coefficient (Wildman–Crippen LogP) is 4.45. The SMILES string of the molecule is Fc1ccc(CON=C2CCCCC2c2cccnc2)cc1. The van der Waals surface area contributed by atoms with E-state index < -0.39 is 0 Å². The van der Waals surface area contributed by atoms with Crippen LogP contribution in [0.4, 0.5) is 4.39 Å². The van der Waals surface area contributed by atoms with Gasteiger partial charge in [-0.25, -0.2) is 4.39 Å². The number of pyridine rings is 1. The van der Waals surface area contributed by atoms with Gasteiger partial charge < -0.3 is 4.84 Å². The van der Waals surface area contributed by atoms with Gasteiger partial charge in [-0.3, -0.25) is 4.98 Å². The van der Waals surface area contributed by atoms with Crippen LogP contribution in [-0.4, -0.2) is 10.7 Å². The molecule has 3 rings (SSSR count). The molecule has 1 unspecified atom stereocenters. The minimum absolute atomic E-state index is 0.237. The summed E-state index contributed by atoms with van der Waals surface area (Å²) in [5.41, 5.74) is 3.20. The highest BCUT2D eigenvalue weighted by Crippen LogP contribution is 2.30. The van der Waals surface area contributed by atoms with Gasteiger partial charge >= 0.3 is 0 Å². The van der Waals surface area contributed by atoms with E-state index in [2.05, 4.69) is 16.2 Å². The Balaban J connectivity index is 1.66. The van der Waals surface area contributed by atoms with Gasteiger partial charge in [0.1, 0.15) is 12.4 Å². The first-order valence-electron chi connectivity index (χ1n) is 7.66. The van der Waals surface area contributed by atoms with Crippen LogP contribution in [0.15, 0.2) is 53.9 Å². The summed E-state index contributed by atoms with van der Waals surface area (Å²) in [6, 6.07) is 10.4. The van der Waals surface area contributed by atoms with Gasteiger partial charge in [0.15, 0.2) is 0 Å². The lowest BCUT2D eigenvalue weighted by Gasteiger charge is -2.23. The van der Waals surface area contributed by atoms with E-state index in [1.807, 2.05) is 12.3 Å². The Morgan fingerprint density at radius 3 is 2.82 bits per heavy atom. The van der Waals surface area contributed by atoms with Gasteiger partial charge in [-0.15, -0.1) is 0 Å². The molecule has 0 aliphatic heterocycles. The van der Waals surface area contributed by atoms with E-state index in [0.29, 0.717) is 12.5 Å². The van der Waals surface area contributed by atoms with Gasteiger partial charge in [-0.2, -0.15) is 0 Å². The number of oxime groups is 1. The minimum atomic E-state index is -0.237. The van der Waals surface area contributed by atoms with Crippen molar-refractivity contribution < 1.29 is 9.23 Å². The lowest BCUT2D eigenvalue weighted by Crippen LogP contribution is -2.18. The molecule has 0 amide bonds. The summed E-state index contributed by atoms with van der Waals surface area (Å²) in [4.78, 5) is 9.69. The number of nitrogens with zero attached hydrogens (tertiary/aromatic N) is 2. The van der Waals surface area contributed by atoms with E-state index in [9.17, 15) is 4.39 Å². The van der Waals surface area contributed by atoms with E-state index in [1.54, 1.807) is 18.3 Å². The highest BCUT2D eigenvalue weighted by molar-refractivity contribution is 5.91. The van der Waals surface area contributed by atoms with Crippen molar-refractivity contribution in [3.05, 3.63) is 65.7 Å². The largest absolute Gasteiger partial charge is 0.391 e. The highest BCUT2D eigenvalue weighted by atomic mass is 19.1. The Hall–Kier alpha value is -2.23. The first-order valence-corrected chi connectivity index (χ1v) is 7.66. The van der Waals surface area contributed by atoms with Crippen molar-refractivity contribution in [2.24, 2.45) is 5.16 Å². The van der Waals surface area contributed by atoms with E-state index in [0.717, 1.165) is 30.5 Å². The summed E-state index contributed by atoms with van der Waals surface area (Å²) in [5.74, 6) is 0.0645. The molecule has 0 N–H and O–H groups in total. The summed E-state index contributed by atoms with van der Waals surface area (Å²) in [7, 11) is 0. The summed E-state index contributed by atoms with van der Waals surface area (Å²) in [5, 5.41) is 4.35. The summed E-state index contributed by atoms with van der Waals surface area (Å²) in [6.45, 7) is 0.365. The van der Waals surface area contributed by atoms with Gasteiger partial charge in [0.25, 0.3) is 0 Å². The van der Waals surface area contributed by atoms with Crippen molar-refractivity contribution in [3.8, 4) is 0 Å². The van der Waals surface area contributed by atoms with Crippen molar-refractivity contribution in [2.75, 3.05) is 0 Å². The van der Waals surface area contributed by atoms with Crippen molar-refractivity contribution in [2.45, 2.75) is 38.2 Å². The number of halogens is 1. The fourth-order valence-corrected chi connectivity index (χ4v) is 2.82. The third-order valence-electron chi connectivity index (χ3n) is 3.99. The van der Waals surface area contributed by atoms with Gasteiger partial charge in [-0.05, 0) is 48.6 Å². The fourth-order valence-electron chi connectivity index (χ4n) is 2.82. The maximum absolute atomic E-state index is 12.9. The molecule has 1 saturated carbocycles. The van der Waals surface area contributed by atoms with Crippen LogP contribution in [0.2, 0.25) is 0 Å². The number of benzene rings is 1. The molecule has 0 saturated heterocycles. The molecule has 0 bridgehead atoms. The first-order chi connectivity index (χ1) is 10.8. The quantitative estimate of drug-likeness (QED) is 0.781. The van der Waals surface area contributed by atoms with Gasteiger partial charge in [0.05, 0.1) is 5.71 Å². The third-order valence-corrected chi connectivity index (χ3v) is 3.99. The van der Waals surface area contributed by atoms with Crippen LogP contribution in [0.5, 0.6) is 0 Å². The Morgan fingerprint density at radius 2 is 2.05 bits per heavy atom. The molecule has 3 nitrogen and oxygen atoms in total. The topological polar surface area (TPSA) is 34.5 Å². The van der Waals surface area contributed by atoms with Crippen molar-refractivity contribution in [3.63, 3.8) is 0 Å². The zero-order chi connectivity index (χ0) is 15.2. The molecule has 0 radical (unpaired) electrons.